The van der Waals surface area contributed by atoms with Crippen LogP contribution in [0.15, 0.2) is 42.7 Å². The van der Waals surface area contributed by atoms with Crippen molar-refractivity contribution in [1.82, 2.24) is 20.3 Å². The molecule has 0 saturated carbocycles. The van der Waals surface area contributed by atoms with E-state index >= 15 is 0 Å². The van der Waals surface area contributed by atoms with E-state index in [4.69, 9.17) is 22.1 Å². The van der Waals surface area contributed by atoms with Gasteiger partial charge in [-0.2, -0.15) is 4.98 Å². The Kier molecular flexibility index (Phi) is 5.07. The predicted octanol–water partition coefficient (Wildman–Crippen LogP) is 2.25. The molecule has 1 saturated heterocycles. The minimum absolute atomic E-state index is 0.0413. The molecule has 2 atom stereocenters. The molecule has 0 unspecified atom stereocenters. The van der Waals surface area contributed by atoms with Gasteiger partial charge in [-0.1, -0.05) is 17.7 Å². The van der Waals surface area contributed by atoms with Crippen LogP contribution in [0.5, 0.6) is 0 Å². The molecule has 0 spiro atoms. The number of benzene rings is 1. The van der Waals surface area contributed by atoms with Crippen LogP contribution in [0.3, 0.4) is 0 Å². The first-order valence-corrected chi connectivity index (χ1v) is 9.14. The topological polar surface area (TPSA) is 89.2 Å². The van der Waals surface area contributed by atoms with Gasteiger partial charge in [-0.25, -0.2) is 4.98 Å². The van der Waals surface area contributed by atoms with Crippen LogP contribution in [-0.4, -0.2) is 47.3 Å². The Balaban J connectivity index is 1.51. The molecule has 7 nitrogen and oxygen atoms in total. The number of hydrogen-bond donors (Lipinski definition) is 2. The van der Waals surface area contributed by atoms with Crippen LogP contribution in [0, 0.1) is 0 Å². The Morgan fingerprint density at radius 3 is 2.96 bits per heavy atom. The Bertz CT molecular complexity index is 952. The molecule has 140 valence electrons. The molecule has 2 aromatic heterocycles. The van der Waals surface area contributed by atoms with E-state index in [1.165, 1.54) is 0 Å². The first-order valence-electron chi connectivity index (χ1n) is 8.77. The van der Waals surface area contributed by atoms with Crippen LogP contribution in [-0.2, 0) is 11.3 Å². The second-order valence-corrected chi connectivity index (χ2v) is 7.02. The highest BCUT2D eigenvalue weighted by molar-refractivity contribution is 6.31. The number of nitrogens with two attached hydrogens (primary N) is 1. The van der Waals surface area contributed by atoms with Crippen molar-refractivity contribution in [1.29, 1.82) is 0 Å². The number of hydrogen-bond acceptors (Lipinski definition) is 7. The SMILES string of the molecule is CO[C@@H]1CN(c2ccnc(N)n2)C[C@@H]1NCc1cc(Cl)cc2cccnc12. The maximum absolute atomic E-state index is 6.28. The third-order valence-corrected chi connectivity index (χ3v) is 5.07. The van der Waals surface area contributed by atoms with Gasteiger partial charge in [0.2, 0.25) is 5.95 Å². The average molecular weight is 385 g/mol. The van der Waals surface area contributed by atoms with Crippen LogP contribution >= 0.6 is 11.6 Å². The van der Waals surface area contributed by atoms with E-state index in [2.05, 4.69) is 25.2 Å². The summed E-state index contributed by atoms with van der Waals surface area (Å²) in [7, 11) is 1.73. The average Bonchev–Trinajstić information content (AvgIpc) is 3.09. The van der Waals surface area contributed by atoms with Gasteiger partial charge in [-0.05, 0) is 29.8 Å². The van der Waals surface area contributed by atoms with E-state index in [1.807, 2.05) is 30.3 Å². The smallest absolute Gasteiger partial charge is 0.221 e. The molecular formula is C19H21ClN6O. The fourth-order valence-corrected chi connectivity index (χ4v) is 3.79. The van der Waals surface area contributed by atoms with Gasteiger partial charge in [-0.15, -0.1) is 0 Å². The van der Waals surface area contributed by atoms with Crippen LogP contribution < -0.4 is 16.0 Å². The molecular weight excluding hydrogens is 364 g/mol. The first-order chi connectivity index (χ1) is 13.1. The van der Waals surface area contributed by atoms with Crippen molar-refractivity contribution in [3.8, 4) is 0 Å². The van der Waals surface area contributed by atoms with Gasteiger partial charge in [0.1, 0.15) is 5.82 Å². The summed E-state index contributed by atoms with van der Waals surface area (Å²) in [4.78, 5) is 14.9. The number of aromatic nitrogens is 3. The molecule has 3 N–H and O–H groups in total. The van der Waals surface area contributed by atoms with Crippen molar-refractivity contribution in [3.63, 3.8) is 0 Å². The van der Waals surface area contributed by atoms with Crippen molar-refractivity contribution in [2.24, 2.45) is 0 Å². The molecule has 1 aliphatic heterocycles. The number of fused-ring (bicyclic) bond motifs is 1. The Morgan fingerprint density at radius 1 is 1.26 bits per heavy atom. The van der Waals surface area contributed by atoms with Gasteiger partial charge in [-0.3, -0.25) is 4.98 Å². The molecule has 8 heteroatoms. The number of halogens is 1. The number of nitrogens with zero attached hydrogens (tertiary/aromatic N) is 4. The van der Waals surface area contributed by atoms with E-state index in [0.717, 1.165) is 35.4 Å². The highest BCUT2D eigenvalue weighted by Gasteiger charge is 2.33. The monoisotopic (exact) mass is 384 g/mol. The molecule has 1 aliphatic rings. The number of nitrogen functional groups attached to an aromatic ring is 1. The third kappa shape index (κ3) is 3.80. The summed E-state index contributed by atoms with van der Waals surface area (Å²) in [5.41, 5.74) is 7.74. The molecule has 1 aromatic carbocycles. The lowest BCUT2D eigenvalue weighted by Crippen LogP contribution is -2.39. The van der Waals surface area contributed by atoms with Gasteiger partial charge in [0.25, 0.3) is 0 Å². The normalized spacial score (nSPS) is 19.7. The highest BCUT2D eigenvalue weighted by atomic mass is 35.5. The van der Waals surface area contributed by atoms with Crippen molar-refractivity contribution < 1.29 is 4.74 Å². The van der Waals surface area contributed by atoms with Crippen LogP contribution in [0.2, 0.25) is 5.02 Å². The van der Waals surface area contributed by atoms with E-state index in [0.29, 0.717) is 11.6 Å². The van der Waals surface area contributed by atoms with E-state index in [-0.39, 0.29) is 18.1 Å². The molecule has 0 bridgehead atoms. The second-order valence-electron chi connectivity index (χ2n) is 6.58. The van der Waals surface area contributed by atoms with Gasteiger partial charge in [0.15, 0.2) is 0 Å². The summed E-state index contributed by atoms with van der Waals surface area (Å²) >= 11 is 6.28. The summed E-state index contributed by atoms with van der Waals surface area (Å²) < 4.78 is 5.68. The predicted molar refractivity (Wildman–Crippen MR) is 107 cm³/mol. The molecule has 0 radical (unpaired) electrons. The largest absolute Gasteiger partial charge is 0.378 e. The van der Waals surface area contributed by atoms with Crippen LogP contribution in [0.1, 0.15) is 5.56 Å². The molecule has 3 heterocycles. The minimum atomic E-state index is 0.0413. The van der Waals surface area contributed by atoms with Crippen molar-refractivity contribution in [2.75, 3.05) is 30.8 Å². The zero-order valence-electron chi connectivity index (χ0n) is 15.0. The molecule has 27 heavy (non-hydrogen) atoms. The van der Waals surface area contributed by atoms with Crippen molar-refractivity contribution in [2.45, 2.75) is 18.7 Å². The van der Waals surface area contributed by atoms with Crippen molar-refractivity contribution >= 4 is 34.3 Å². The van der Waals surface area contributed by atoms with E-state index in [1.54, 1.807) is 19.5 Å². The number of ether oxygens (including phenoxy) is 1. The molecule has 4 rings (SSSR count). The quantitative estimate of drug-likeness (QED) is 0.697. The van der Waals surface area contributed by atoms with Crippen LogP contribution in [0.25, 0.3) is 10.9 Å². The van der Waals surface area contributed by atoms with Gasteiger partial charge in [0, 0.05) is 49.5 Å². The minimum Gasteiger partial charge on any atom is -0.378 e. The number of pyridine rings is 1. The summed E-state index contributed by atoms with van der Waals surface area (Å²) in [6.07, 6.45) is 3.51. The van der Waals surface area contributed by atoms with Crippen molar-refractivity contribution in [3.05, 3.63) is 53.3 Å². The zero-order chi connectivity index (χ0) is 18.8. The maximum Gasteiger partial charge on any atom is 0.221 e. The Labute approximate surface area is 162 Å². The van der Waals surface area contributed by atoms with E-state index in [9.17, 15) is 0 Å². The molecule has 0 aliphatic carbocycles. The lowest BCUT2D eigenvalue weighted by Gasteiger charge is -2.19. The van der Waals surface area contributed by atoms with Gasteiger partial charge >= 0.3 is 0 Å². The highest BCUT2D eigenvalue weighted by Crippen LogP contribution is 2.24. The summed E-state index contributed by atoms with van der Waals surface area (Å²) in [6.45, 7) is 2.15. The van der Waals surface area contributed by atoms with Crippen LogP contribution in [0.4, 0.5) is 11.8 Å². The molecule has 0 amide bonds. The lowest BCUT2D eigenvalue weighted by atomic mass is 10.1. The molecule has 1 fully saturated rings. The van der Waals surface area contributed by atoms with Gasteiger partial charge in [0.05, 0.1) is 17.7 Å². The zero-order valence-corrected chi connectivity index (χ0v) is 15.7. The number of anilines is 2. The lowest BCUT2D eigenvalue weighted by molar-refractivity contribution is 0.0967. The third-order valence-electron chi connectivity index (χ3n) is 4.86. The summed E-state index contributed by atoms with van der Waals surface area (Å²) in [5, 5.41) is 5.34. The summed E-state index contributed by atoms with van der Waals surface area (Å²) in [5.74, 6) is 1.08. The number of nitrogens with one attached hydrogen (secondary N) is 1. The Hall–Kier alpha value is -2.48. The summed E-state index contributed by atoms with van der Waals surface area (Å²) in [6, 6.07) is 9.83. The first kappa shape index (κ1) is 17.9. The number of methoxy groups -OCH3 is 1. The maximum atomic E-state index is 6.28. The standard InChI is InChI=1S/C19H21ClN6O/c1-27-16-11-26(17-4-6-23-19(21)25-17)10-15(16)24-9-13-8-14(20)7-12-3-2-5-22-18(12)13/h2-8,15-16,24H,9-11H2,1H3,(H2,21,23,25)/t15-,16+/m0/s1. The molecule has 3 aromatic rings. The van der Waals surface area contributed by atoms with Gasteiger partial charge < -0.3 is 20.7 Å². The second kappa shape index (κ2) is 7.64. The number of rotatable bonds is 5. The Morgan fingerprint density at radius 2 is 2.15 bits per heavy atom. The van der Waals surface area contributed by atoms with E-state index < -0.39 is 0 Å². The fourth-order valence-electron chi connectivity index (χ4n) is 3.54. The fraction of sp³-hybridized carbons (Fsp3) is 0.316.